The molecule has 18 heavy (non-hydrogen) atoms. The zero-order chi connectivity index (χ0) is 13.0. The molecule has 0 saturated heterocycles. The van der Waals surface area contributed by atoms with Crippen LogP contribution in [0.25, 0.3) is 0 Å². The minimum Gasteiger partial charge on any atom is -0.377 e. The monoisotopic (exact) mass is 248 g/mol. The Kier molecular flexibility index (Phi) is 4.75. The molecule has 1 aliphatic carbocycles. The lowest BCUT2D eigenvalue weighted by Gasteiger charge is -2.26. The van der Waals surface area contributed by atoms with Crippen molar-refractivity contribution >= 4 is 0 Å². The lowest BCUT2D eigenvalue weighted by molar-refractivity contribution is 0.0254. The zero-order valence-electron chi connectivity index (χ0n) is 11.3. The van der Waals surface area contributed by atoms with Gasteiger partial charge < -0.3 is 4.74 Å². The third kappa shape index (κ3) is 2.91. The van der Waals surface area contributed by atoms with E-state index in [0.717, 1.165) is 13.0 Å². The first-order valence-corrected chi connectivity index (χ1v) is 6.94. The van der Waals surface area contributed by atoms with Crippen LogP contribution >= 0.6 is 0 Å². The van der Waals surface area contributed by atoms with Crippen LogP contribution in [0.15, 0.2) is 30.3 Å². The van der Waals surface area contributed by atoms with Gasteiger partial charge in [-0.15, -0.1) is 0 Å². The fourth-order valence-electron chi connectivity index (χ4n) is 2.89. The van der Waals surface area contributed by atoms with Gasteiger partial charge in [0.25, 0.3) is 0 Å². The molecule has 4 atom stereocenters. The molecular formula is C15H24N2O. The highest BCUT2D eigenvalue weighted by molar-refractivity contribution is 5.27. The van der Waals surface area contributed by atoms with Crippen molar-refractivity contribution < 1.29 is 4.74 Å². The first kappa shape index (κ1) is 13.5. The van der Waals surface area contributed by atoms with Crippen molar-refractivity contribution in [1.29, 1.82) is 0 Å². The van der Waals surface area contributed by atoms with Gasteiger partial charge in [-0.25, -0.2) is 0 Å². The van der Waals surface area contributed by atoms with Crippen molar-refractivity contribution in [3.63, 3.8) is 0 Å². The van der Waals surface area contributed by atoms with Crippen LogP contribution in [0.1, 0.15) is 38.2 Å². The van der Waals surface area contributed by atoms with Gasteiger partial charge in [0.15, 0.2) is 0 Å². The van der Waals surface area contributed by atoms with Gasteiger partial charge in [-0.05, 0) is 37.2 Å². The van der Waals surface area contributed by atoms with Crippen molar-refractivity contribution in [2.24, 2.45) is 11.8 Å². The average molecular weight is 248 g/mol. The van der Waals surface area contributed by atoms with Gasteiger partial charge >= 0.3 is 0 Å². The summed E-state index contributed by atoms with van der Waals surface area (Å²) >= 11 is 0. The number of hydrogen-bond donors (Lipinski definition) is 2. The molecule has 0 aromatic heterocycles. The number of hydrazine groups is 1. The predicted octanol–water partition coefficient (Wildman–Crippen LogP) is 2.44. The van der Waals surface area contributed by atoms with Crippen LogP contribution in [-0.4, -0.2) is 18.8 Å². The first-order chi connectivity index (χ1) is 8.81. The molecule has 2 rings (SSSR count). The summed E-state index contributed by atoms with van der Waals surface area (Å²) in [6, 6.07) is 11.0. The summed E-state index contributed by atoms with van der Waals surface area (Å²) in [6.45, 7) is 4.95. The highest BCUT2D eigenvalue weighted by Crippen LogP contribution is 2.50. The van der Waals surface area contributed by atoms with E-state index in [-0.39, 0.29) is 12.1 Å². The molecule has 100 valence electrons. The maximum atomic E-state index is 5.79. The number of rotatable bonds is 7. The Labute approximate surface area is 110 Å². The maximum Gasteiger partial charge on any atom is 0.0741 e. The number of nitrogens with two attached hydrogens (primary N) is 1. The summed E-state index contributed by atoms with van der Waals surface area (Å²) in [5, 5.41) is 0. The number of hydrogen-bond acceptors (Lipinski definition) is 3. The van der Waals surface area contributed by atoms with E-state index in [1.165, 1.54) is 12.0 Å². The van der Waals surface area contributed by atoms with Gasteiger partial charge in [0.05, 0.1) is 12.1 Å². The molecule has 0 spiro atoms. The molecule has 0 bridgehead atoms. The molecule has 3 heteroatoms. The molecule has 4 unspecified atom stereocenters. The Balaban J connectivity index is 1.99. The van der Waals surface area contributed by atoms with E-state index in [1.807, 2.05) is 6.92 Å². The minimum absolute atomic E-state index is 0.221. The Morgan fingerprint density at radius 1 is 1.33 bits per heavy atom. The molecule has 1 aromatic carbocycles. The minimum atomic E-state index is 0.221. The summed E-state index contributed by atoms with van der Waals surface area (Å²) in [5.41, 5.74) is 4.40. The molecule has 0 aliphatic heterocycles. The normalized spacial score (nSPS) is 25.7. The van der Waals surface area contributed by atoms with Crippen LogP contribution in [0.3, 0.4) is 0 Å². The molecule has 1 saturated carbocycles. The van der Waals surface area contributed by atoms with Gasteiger partial charge in [0.2, 0.25) is 0 Å². The first-order valence-electron chi connectivity index (χ1n) is 6.94. The van der Waals surface area contributed by atoms with Gasteiger partial charge in [-0.3, -0.25) is 11.3 Å². The highest BCUT2D eigenvalue weighted by atomic mass is 16.5. The molecular weight excluding hydrogens is 224 g/mol. The summed E-state index contributed by atoms with van der Waals surface area (Å²) in [7, 11) is 0. The smallest absolute Gasteiger partial charge is 0.0741 e. The van der Waals surface area contributed by atoms with Crippen molar-refractivity contribution in [3.8, 4) is 0 Å². The number of nitrogens with one attached hydrogen (secondary N) is 1. The van der Waals surface area contributed by atoms with E-state index < -0.39 is 0 Å². The van der Waals surface area contributed by atoms with Gasteiger partial charge in [-0.2, -0.15) is 0 Å². The summed E-state index contributed by atoms with van der Waals surface area (Å²) in [5.74, 6) is 6.98. The lowest BCUT2D eigenvalue weighted by atomic mass is 10.00. The summed E-state index contributed by atoms with van der Waals surface area (Å²) in [4.78, 5) is 0. The molecule has 3 N–H and O–H groups in total. The van der Waals surface area contributed by atoms with Crippen LogP contribution in [0, 0.1) is 5.92 Å². The van der Waals surface area contributed by atoms with E-state index in [2.05, 4.69) is 42.7 Å². The molecule has 0 amide bonds. The Hall–Kier alpha value is -0.900. The van der Waals surface area contributed by atoms with E-state index in [1.54, 1.807) is 0 Å². The van der Waals surface area contributed by atoms with Crippen molar-refractivity contribution in [1.82, 2.24) is 5.43 Å². The largest absolute Gasteiger partial charge is 0.377 e. The summed E-state index contributed by atoms with van der Waals surface area (Å²) in [6.07, 6.45) is 2.43. The Morgan fingerprint density at radius 2 is 2.06 bits per heavy atom. The van der Waals surface area contributed by atoms with Crippen LogP contribution < -0.4 is 11.3 Å². The molecule has 0 heterocycles. The third-order valence-corrected chi connectivity index (χ3v) is 3.90. The lowest BCUT2D eigenvalue weighted by Crippen LogP contribution is -2.46. The van der Waals surface area contributed by atoms with Gasteiger partial charge in [0, 0.05) is 6.61 Å². The predicted molar refractivity (Wildman–Crippen MR) is 74.1 cm³/mol. The van der Waals surface area contributed by atoms with Crippen LogP contribution in [0.5, 0.6) is 0 Å². The summed E-state index contributed by atoms with van der Waals surface area (Å²) < 4.78 is 5.79. The van der Waals surface area contributed by atoms with E-state index in [0.29, 0.717) is 11.8 Å². The van der Waals surface area contributed by atoms with Crippen molar-refractivity contribution in [3.05, 3.63) is 35.9 Å². The third-order valence-electron chi connectivity index (χ3n) is 3.90. The van der Waals surface area contributed by atoms with E-state index in [9.17, 15) is 0 Å². The second kappa shape index (κ2) is 6.32. The van der Waals surface area contributed by atoms with E-state index >= 15 is 0 Å². The van der Waals surface area contributed by atoms with Crippen LogP contribution in [0.2, 0.25) is 0 Å². The van der Waals surface area contributed by atoms with Crippen molar-refractivity contribution in [2.45, 2.75) is 44.8 Å². The quantitative estimate of drug-likeness (QED) is 0.575. The molecule has 1 aromatic rings. The average Bonchev–Trinajstić information content (AvgIpc) is 3.20. The Bertz CT molecular complexity index is 355. The van der Waals surface area contributed by atoms with Crippen LogP contribution in [0.4, 0.5) is 0 Å². The number of benzene rings is 1. The second-order valence-corrected chi connectivity index (χ2v) is 5.01. The molecule has 3 nitrogen and oxygen atoms in total. The fraction of sp³-hybridized carbons (Fsp3) is 0.600. The molecule has 0 radical (unpaired) electrons. The van der Waals surface area contributed by atoms with Crippen LogP contribution in [-0.2, 0) is 4.74 Å². The topological polar surface area (TPSA) is 47.3 Å². The molecule has 1 aliphatic rings. The van der Waals surface area contributed by atoms with E-state index in [4.69, 9.17) is 10.6 Å². The standard InChI is InChI=1S/C15H24N2O/c1-3-14(18-4-2)15(17-16)13-10-12(13)11-8-6-5-7-9-11/h5-9,12-15,17H,3-4,10,16H2,1-2H3. The Morgan fingerprint density at radius 3 is 2.61 bits per heavy atom. The highest BCUT2D eigenvalue weighted by Gasteiger charge is 2.46. The van der Waals surface area contributed by atoms with Gasteiger partial charge in [-0.1, -0.05) is 37.3 Å². The van der Waals surface area contributed by atoms with Crippen molar-refractivity contribution in [2.75, 3.05) is 6.61 Å². The molecule has 1 fully saturated rings. The van der Waals surface area contributed by atoms with Gasteiger partial charge in [0.1, 0.15) is 0 Å². The zero-order valence-corrected chi connectivity index (χ0v) is 11.3. The number of ether oxygens (including phenoxy) is 1. The second-order valence-electron chi connectivity index (χ2n) is 5.01. The SMILES string of the molecule is CCOC(CC)C(NN)C1CC1c1ccccc1. The fourth-order valence-corrected chi connectivity index (χ4v) is 2.89. The maximum absolute atomic E-state index is 5.79.